The zero-order valence-electron chi connectivity index (χ0n) is 10.3. The lowest BCUT2D eigenvalue weighted by atomic mass is 9.89. The van der Waals surface area contributed by atoms with Gasteiger partial charge in [0.2, 0.25) is 5.91 Å². The minimum atomic E-state index is -0.553. The molecule has 0 bridgehead atoms. The molecule has 4 nitrogen and oxygen atoms in total. The van der Waals surface area contributed by atoms with Crippen LogP contribution in [0.2, 0.25) is 5.02 Å². The predicted octanol–water partition coefficient (Wildman–Crippen LogP) is 2.35. The molecule has 1 aromatic carbocycles. The fraction of sp³-hybridized carbons (Fsp3) is 0.385. The summed E-state index contributed by atoms with van der Waals surface area (Å²) in [6, 6.07) is 5.18. The third-order valence-corrected chi connectivity index (χ3v) is 3.29. The number of amides is 1. The van der Waals surface area contributed by atoms with Crippen LogP contribution in [0.15, 0.2) is 18.2 Å². The number of carbonyl (C=O) groups is 2. The van der Waals surface area contributed by atoms with E-state index in [2.05, 4.69) is 0 Å². The molecule has 1 amide bonds. The maximum Gasteiger partial charge on any atom is 0.314 e. The first-order valence-electron chi connectivity index (χ1n) is 5.77. The molecule has 5 heteroatoms. The van der Waals surface area contributed by atoms with E-state index in [-0.39, 0.29) is 18.3 Å². The SMILES string of the molecule is CCOC(=O)[C@H]1CC(=O)N(C)c2ccc(Cl)cc21. The molecular formula is C13H14ClNO3. The Morgan fingerprint density at radius 3 is 2.94 bits per heavy atom. The van der Waals surface area contributed by atoms with Crippen LogP contribution in [-0.2, 0) is 14.3 Å². The van der Waals surface area contributed by atoms with E-state index in [0.29, 0.717) is 17.3 Å². The summed E-state index contributed by atoms with van der Waals surface area (Å²) in [5.41, 5.74) is 1.47. The number of hydrogen-bond acceptors (Lipinski definition) is 3. The van der Waals surface area contributed by atoms with Gasteiger partial charge in [-0.05, 0) is 30.7 Å². The number of fused-ring (bicyclic) bond motifs is 1. The average Bonchev–Trinajstić information content (AvgIpc) is 2.34. The predicted molar refractivity (Wildman–Crippen MR) is 68.9 cm³/mol. The lowest BCUT2D eigenvalue weighted by Gasteiger charge is -2.30. The number of halogens is 1. The second-order valence-corrected chi connectivity index (χ2v) is 4.60. The van der Waals surface area contributed by atoms with E-state index >= 15 is 0 Å². The van der Waals surface area contributed by atoms with E-state index in [9.17, 15) is 9.59 Å². The van der Waals surface area contributed by atoms with E-state index in [0.717, 1.165) is 5.56 Å². The van der Waals surface area contributed by atoms with Gasteiger partial charge in [-0.3, -0.25) is 9.59 Å². The zero-order valence-corrected chi connectivity index (χ0v) is 11.0. The van der Waals surface area contributed by atoms with Gasteiger partial charge in [-0.1, -0.05) is 11.6 Å². The Morgan fingerprint density at radius 2 is 2.28 bits per heavy atom. The molecule has 0 spiro atoms. The van der Waals surface area contributed by atoms with Crippen molar-refractivity contribution in [2.24, 2.45) is 0 Å². The Balaban J connectivity index is 2.45. The number of ether oxygens (including phenoxy) is 1. The smallest absolute Gasteiger partial charge is 0.314 e. The quantitative estimate of drug-likeness (QED) is 0.773. The minimum absolute atomic E-state index is 0.0946. The molecule has 2 rings (SSSR count). The molecule has 0 saturated carbocycles. The number of hydrogen-bond donors (Lipinski definition) is 0. The van der Waals surface area contributed by atoms with Gasteiger partial charge in [-0.25, -0.2) is 0 Å². The van der Waals surface area contributed by atoms with E-state index in [1.54, 1.807) is 37.1 Å². The first-order valence-corrected chi connectivity index (χ1v) is 6.15. The highest BCUT2D eigenvalue weighted by molar-refractivity contribution is 6.30. The molecule has 1 heterocycles. The first kappa shape index (κ1) is 12.9. The number of benzene rings is 1. The van der Waals surface area contributed by atoms with Gasteiger partial charge in [-0.2, -0.15) is 0 Å². The third kappa shape index (κ3) is 2.20. The highest BCUT2D eigenvalue weighted by atomic mass is 35.5. The minimum Gasteiger partial charge on any atom is -0.466 e. The molecule has 0 unspecified atom stereocenters. The van der Waals surface area contributed by atoms with Gasteiger partial charge in [-0.15, -0.1) is 0 Å². The van der Waals surface area contributed by atoms with Crippen LogP contribution < -0.4 is 4.90 Å². The molecule has 1 aliphatic rings. The Bertz CT molecular complexity index is 501. The lowest BCUT2D eigenvalue weighted by molar-refractivity contribution is -0.146. The summed E-state index contributed by atoms with van der Waals surface area (Å²) in [4.78, 5) is 25.3. The third-order valence-electron chi connectivity index (χ3n) is 3.05. The van der Waals surface area contributed by atoms with Crippen molar-refractivity contribution >= 4 is 29.2 Å². The molecule has 1 atom stereocenters. The van der Waals surface area contributed by atoms with E-state index in [1.165, 1.54) is 0 Å². The second kappa shape index (κ2) is 4.98. The molecule has 0 N–H and O–H groups in total. The normalized spacial score (nSPS) is 18.5. The molecule has 1 aromatic rings. The summed E-state index contributed by atoms with van der Waals surface area (Å²) >= 11 is 5.95. The Hall–Kier alpha value is -1.55. The summed E-state index contributed by atoms with van der Waals surface area (Å²) in [7, 11) is 1.69. The molecule has 0 radical (unpaired) electrons. The topological polar surface area (TPSA) is 46.6 Å². The van der Waals surface area contributed by atoms with Crippen LogP contribution in [0.3, 0.4) is 0 Å². The van der Waals surface area contributed by atoms with Gasteiger partial charge in [0.25, 0.3) is 0 Å². The molecular weight excluding hydrogens is 254 g/mol. The number of nitrogens with zero attached hydrogens (tertiary/aromatic N) is 1. The van der Waals surface area contributed by atoms with Gasteiger partial charge >= 0.3 is 5.97 Å². The van der Waals surface area contributed by atoms with Crippen LogP contribution in [0.4, 0.5) is 5.69 Å². The van der Waals surface area contributed by atoms with Gasteiger partial charge in [0.05, 0.1) is 12.5 Å². The lowest BCUT2D eigenvalue weighted by Crippen LogP contribution is -2.36. The molecule has 0 saturated heterocycles. The van der Waals surface area contributed by atoms with Crippen molar-refractivity contribution in [2.75, 3.05) is 18.6 Å². The van der Waals surface area contributed by atoms with Crippen LogP contribution in [-0.4, -0.2) is 25.5 Å². The highest BCUT2D eigenvalue weighted by Gasteiger charge is 2.34. The molecule has 18 heavy (non-hydrogen) atoms. The number of esters is 1. The Kier molecular flexibility index (Phi) is 3.57. The van der Waals surface area contributed by atoms with E-state index < -0.39 is 5.92 Å². The maximum atomic E-state index is 11.9. The van der Waals surface area contributed by atoms with Gasteiger partial charge in [0.15, 0.2) is 0 Å². The van der Waals surface area contributed by atoms with Gasteiger partial charge < -0.3 is 9.64 Å². The average molecular weight is 268 g/mol. The van der Waals surface area contributed by atoms with Crippen LogP contribution in [0.25, 0.3) is 0 Å². The standard InChI is InChI=1S/C13H14ClNO3/c1-3-18-13(17)10-7-12(16)15(2)11-5-4-8(14)6-9(10)11/h4-6,10H,3,7H2,1-2H3/t10-/m0/s1. The summed E-state index contributed by atoms with van der Waals surface area (Å²) in [6.45, 7) is 2.04. The fourth-order valence-corrected chi connectivity index (χ4v) is 2.30. The van der Waals surface area contributed by atoms with Crippen LogP contribution in [0, 0.1) is 0 Å². The van der Waals surface area contributed by atoms with Crippen LogP contribution >= 0.6 is 11.6 Å². The van der Waals surface area contributed by atoms with Gasteiger partial charge in [0, 0.05) is 24.2 Å². The van der Waals surface area contributed by atoms with Gasteiger partial charge in [0.1, 0.15) is 0 Å². The molecule has 96 valence electrons. The van der Waals surface area contributed by atoms with Crippen molar-refractivity contribution in [1.82, 2.24) is 0 Å². The molecule has 0 aromatic heterocycles. The van der Waals surface area contributed by atoms with Crippen molar-refractivity contribution < 1.29 is 14.3 Å². The van der Waals surface area contributed by atoms with Crippen molar-refractivity contribution in [1.29, 1.82) is 0 Å². The van der Waals surface area contributed by atoms with E-state index in [4.69, 9.17) is 16.3 Å². The first-order chi connectivity index (χ1) is 8.54. The fourth-order valence-electron chi connectivity index (χ4n) is 2.12. The Morgan fingerprint density at radius 1 is 1.56 bits per heavy atom. The summed E-state index contributed by atoms with van der Waals surface area (Å²) in [5.74, 6) is -1.02. The van der Waals surface area contributed by atoms with Crippen molar-refractivity contribution in [3.63, 3.8) is 0 Å². The number of carbonyl (C=O) groups excluding carboxylic acids is 2. The second-order valence-electron chi connectivity index (χ2n) is 4.16. The number of anilines is 1. The summed E-state index contributed by atoms with van der Waals surface area (Å²) < 4.78 is 5.01. The van der Waals surface area contributed by atoms with Crippen LogP contribution in [0.1, 0.15) is 24.8 Å². The van der Waals surface area contributed by atoms with Crippen molar-refractivity contribution in [3.8, 4) is 0 Å². The molecule has 0 fully saturated rings. The van der Waals surface area contributed by atoms with Crippen LogP contribution in [0.5, 0.6) is 0 Å². The largest absolute Gasteiger partial charge is 0.466 e. The van der Waals surface area contributed by atoms with Crippen molar-refractivity contribution in [2.45, 2.75) is 19.3 Å². The summed E-state index contributed by atoms with van der Waals surface area (Å²) in [6.07, 6.45) is 0.128. The summed E-state index contributed by atoms with van der Waals surface area (Å²) in [5, 5.41) is 0.547. The zero-order chi connectivity index (χ0) is 13.3. The van der Waals surface area contributed by atoms with Crippen molar-refractivity contribution in [3.05, 3.63) is 28.8 Å². The Labute approximate surface area is 110 Å². The number of rotatable bonds is 2. The monoisotopic (exact) mass is 267 g/mol. The maximum absolute atomic E-state index is 11.9. The molecule has 0 aliphatic carbocycles. The highest BCUT2D eigenvalue weighted by Crippen LogP contribution is 2.37. The van der Waals surface area contributed by atoms with E-state index in [1.807, 2.05) is 0 Å². The molecule has 1 aliphatic heterocycles.